The normalized spacial score (nSPS) is 38.8. The van der Waals surface area contributed by atoms with Crippen LogP contribution < -0.4 is 4.74 Å². The quantitative estimate of drug-likeness (QED) is 0.706. The van der Waals surface area contributed by atoms with Crippen molar-refractivity contribution in [2.75, 3.05) is 7.11 Å². The highest BCUT2D eigenvalue weighted by Gasteiger charge is 2.56. The zero-order valence-corrected chi connectivity index (χ0v) is 14.0. The van der Waals surface area contributed by atoms with Gasteiger partial charge in [0.2, 0.25) is 6.43 Å². The Morgan fingerprint density at radius 2 is 2.00 bits per heavy atom. The molecular weight excluding hydrogens is 294 g/mol. The molecule has 1 aromatic rings. The maximum atomic E-state index is 13.5. The summed E-state index contributed by atoms with van der Waals surface area (Å²) in [5.41, 5.74) is 2.73. The summed E-state index contributed by atoms with van der Waals surface area (Å²) in [5, 5.41) is 0. The summed E-state index contributed by atoms with van der Waals surface area (Å²) < 4.78 is 32.4. The van der Waals surface area contributed by atoms with E-state index in [2.05, 4.69) is 25.1 Å². The van der Waals surface area contributed by atoms with E-state index in [9.17, 15) is 8.78 Å². The average molecular weight is 320 g/mol. The lowest BCUT2D eigenvalue weighted by atomic mass is 9.54. The SMILES string of the molecule is COc1ccc2c(c1)[C@H]1CC[C@]3(C)[C@@H](C(F)F)CC[C@H]3[C@@H]1CC2. The topological polar surface area (TPSA) is 9.23 Å². The van der Waals surface area contributed by atoms with Crippen LogP contribution in [0.3, 0.4) is 0 Å². The van der Waals surface area contributed by atoms with Gasteiger partial charge in [-0.25, -0.2) is 8.78 Å². The maximum Gasteiger partial charge on any atom is 0.241 e. The van der Waals surface area contributed by atoms with Crippen molar-refractivity contribution in [3.05, 3.63) is 29.3 Å². The van der Waals surface area contributed by atoms with E-state index in [4.69, 9.17) is 4.74 Å². The Morgan fingerprint density at radius 1 is 1.17 bits per heavy atom. The number of methoxy groups -OCH3 is 1. The fourth-order valence-corrected chi connectivity index (χ4v) is 6.13. The van der Waals surface area contributed by atoms with Crippen LogP contribution in [0.25, 0.3) is 0 Å². The zero-order valence-electron chi connectivity index (χ0n) is 14.0. The van der Waals surface area contributed by atoms with Gasteiger partial charge in [0, 0.05) is 5.92 Å². The monoisotopic (exact) mass is 320 g/mol. The molecule has 0 unspecified atom stereocenters. The van der Waals surface area contributed by atoms with Gasteiger partial charge < -0.3 is 4.74 Å². The fourth-order valence-electron chi connectivity index (χ4n) is 6.13. The number of alkyl halides is 2. The molecule has 4 rings (SSSR count). The Balaban J connectivity index is 1.67. The molecule has 0 radical (unpaired) electrons. The van der Waals surface area contributed by atoms with E-state index in [1.54, 1.807) is 7.11 Å². The number of ether oxygens (including phenoxy) is 1. The summed E-state index contributed by atoms with van der Waals surface area (Å²) >= 11 is 0. The minimum absolute atomic E-state index is 0.147. The van der Waals surface area contributed by atoms with Gasteiger partial charge in [0.25, 0.3) is 0 Å². The second-order valence-electron chi connectivity index (χ2n) is 8.04. The van der Waals surface area contributed by atoms with Crippen molar-refractivity contribution in [1.29, 1.82) is 0 Å². The highest BCUT2D eigenvalue weighted by atomic mass is 19.3. The lowest BCUT2D eigenvalue weighted by molar-refractivity contribution is -0.0390. The summed E-state index contributed by atoms with van der Waals surface area (Å²) in [7, 11) is 1.71. The Labute approximate surface area is 137 Å². The van der Waals surface area contributed by atoms with E-state index in [0.29, 0.717) is 24.2 Å². The van der Waals surface area contributed by atoms with E-state index < -0.39 is 6.43 Å². The third-order valence-corrected chi connectivity index (χ3v) is 7.31. The first-order chi connectivity index (χ1) is 11.0. The first-order valence-electron chi connectivity index (χ1n) is 8.99. The predicted octanol–water partition coefficient (Wildman–Crippen LogP) is 5.43. The fraction of sp³-hybridized carbons (Fsp3) is 0.700. The maximum absolute atomic E-state index is 13.5. The number of benzene rings is 1. The van der Waals surface area contributed by atoms with Gasteiger partial charge >= 0.3 is 0 Å². The Morgan fingerprint density at radius 3 is 2.74 bits per heavy atom. The molecule has 3 heteroatoms. The molecule has 1 aromatic carbocycles. The second-order valence-corrected chi connectivity index (χ2v) is 8.04. The molecule has 0 N–H and O–H groups in total. The molecule has 0 heterocycles. The smallest absolute Gasteiger partial charge is 0.241 e. The molecule has 126 valence electrons. The minimum Gasteiger partial charge on any atom is -0.497 e. The van der Waals surface area contributed by atoms with Gasteiger partial charge in [-0.2, -0.15) is 0 Å². The number of aryl methyl sites for hydroxylation is 1. The van der Waals surface area contributed by atoms with Crippen molar-refractivity contribution in [2.45, 2.75) is 57.8 Å². The molecule has 0 aliphatic heterocycles. The van der Waals surface area contributed by atoms with E-state index in [1.165, 1.54) is 17.5 Å². The summed E-state index contributed by atoms with van der Waals surface area (Å²) in [6.45, 7) is 2.15. The van der Waals surface area contributed by atoms with Gasteiger partial charge in [0.05, 0.1) is 7.11 Å². The summed E-state index contributed by atoms with van der Waals surface area (Å²) in [6.07, 6.45) is 3.81. The van der Waals surface area contributed by atoms with Crippen LogP contribution in [0.5, 0.6) is 5.75 Å². The molecule has 0 bridgehead atoms. The van der Waals surface area contributed by atoms with Crippen LogP contribution in [0.15, 0.2) is 18.2 Å². The van der Waals surface area contributed by atoms with E-state index in [-0.39, 0.29) is 11.3 Å². The highest BCUT2D eigenvalue weighted by Crippen LogP contribution is 2.64. The first-order valence-corrected chi connectivity index (χ1v) is 8.99. The molecular formula is C20H26F2O. The van der Waals surface area contributed by atoms with Crippen molar-refractivity contribution in [2.24, 2.45) is 23.2 Å². The molecule has 0 aromatic heterocycles. The third kappa shape index (κ3) is 2.22. The minimum atomic E-state index is -2.16. The average Bonchev–Trinajstić information content (AvgIpc) is 2.91. The zero-order chi connectivity index (χ0) is 16.2. The van der Waals surface area contributed by atoms with Gasteiger partial charge in [-0.05, 0) is 85.0 Å². The van der Waals surface area contributed by atoms with Crippen LogP contribution in [-0.2, 0) is 6.42 Å². The number of hydrogen-bond donors (Lipinski definition) is 0. The Kier molecular flexibility index (Phi) is 3.66. The van der Waals surface area contributed by atoms with Crippen LogP contribution in [0.1, 0.15) is 56.1 Å². The van der Waals surface area contributed by atoms with Gasteiger partial charge in [0.15, 0.2) is 0 Å². The molecule has 0 spiro atoms. The Hall–Kier alpha value is -1.12. The van der Waals surface area contributed by atoms with Crippen LogP contribution in [0.4, 0.5) is 8.78 Å². The van der Waals surface area contributed by atoms with Crippen LogP contribution >= 0.6 is 0 Å². The standard InChI is InChI=1S/C20H26F2O/c1-20-10-9-14-15(17(20)7-8-18(20)19(21)22)6-4-12-3-5-13(23-2)11-16(12)14/h3,5,11,14-15,17-19H,4,6-10H2,1-2H3/t14-,15+,17-,18+,20-/m0/s1. The second kappa shape index (κ2) is 5.46. The molecule has 2 saturated carbocycles. The number of halogens is 2. The van der Waals surface area contributed by atoms with Crippen molar-refractivity contribution in [3.63, 3.8) is 0 Å². The van der Waals surface area contributed by atoms with E-state index >= 15 is 0 Å². The molecule has 5 atom stereocenters. The number of fused-ring (bicyclic) bond motifs is 5. The van der Waals surface area contributed by atoms with Crippen LogP contribution in [-0.4, -0.2) is 13.5 Å². The molecule has 3 aliphatic carbocycles. The van der Waals surface area contributed by atoms with Gasteiger partial charge in [-0.1, -0.05) is 13.0 Å². The molecule has 23 heavy (non-hydrogen) atoms. The van der Waals surface area contributed by atoms with Gasteiger partial charge in [0.1, 0.15) is 5.75 Å². The van der Waals surface area contributed by atoms with Crippen LogP contribution in [0, 0.1) is 23.2 Å². The molecule has 2 fully saturated rings. The largest absolute Gasteiger partial charge is 0.497 e. The van der Waals surface area contributed by atoms with Gasteiger partial charge in [-0.15, -0.1) is 0 Å². The summed E-state index contributed by atoms with van der Waals surface area (Å²) in [4.78, 5) is 0. The predicted molar refractivity (Wildman–Crippen MR) is 87.1 cm³/mol. The van der Waals surface area contributed by atoms with Gasteiger partial charge in [-0.3, -0.25) is 0 Å². The number of rotatable bonds is 2. The number of hydrogen-bond acceptors (Lipinski definition) is 1. The Bertz CT molecular complexity index is 599. The van der Waals surface area contributed by atoms with Crippen molar-refractivity contribution >= 4 is 0 Å². The third-order valence-electron chi connectivity index (χ3n) is 7.31. The van der Waals surface area contributed by atoms with E-state index in [1.807, 2.05) is 0 Å². The highest BCUT2D eigenvalue weighted by molar-refractivity contribution is 5.41. The van der Waals surface area contributed by atoms with Crippen molar-refractivity contribution < 1.29 is 13.5 Å². The lowest BCUT2D eigenvalue weighted by Crippen LogP contribution is -2.43. The van der Waals surface area contributed by atoms with Crippen molar-refractivity contribution in [3.8, 4) is 5.75 Å². The van der Waals surface area contributed by atoms with Crippen molar-refractivity contribution in [1.82, 2.24) is 0 Å². The molecule has 1 nitrogen and oxygen atoms in total. The van der Waals surface area contributed by atoms with Crippen LogP contribution in [0.2, 0.25) is 0 Å². The molecule has 0 amide bonds. The lowest BCUT2D eigenvalue weighted by Gasteiger charge is -2.51. The summed E-state index contributed by atoms with van der Waals surface area (Å²) in [5.74, 6) is 2.13. The molecule has 3 aliphatic rings. The van der Waals surface area contributed by atoms with E-state index in [0.717, 1.165) is 31.4 Å². The summed E-state index contributed by atoms with van der Waals surface area (Å²) in [6, 6.07) is 6.46. The first kappa shape index (κ1) is 15.4. The molecule has 0 saturated heterocycles.